The fourth-order valence-electron chi connectivity index (χ4n) is 3.71. The van der Waals surface area contributed by atoms with E-state index in [1.807, 2.05) is 51.1 Å². The van der Waals surface area contributed by atoms with Gasteiger partial charge in [0.15, 0.2) is 12.1 Å². The Morgan fingerprint density at radius 2 is 1.80 bits per heavy atom. The third kappa shape index (κ3) is 3.34. The first-order chi connectivity index (χ1) is 14.4. The van der Waals surface area contributed by atoms with Gasteiger partial charge in [0.2, 0.25) is 5.91 Å². The van der Waals surface area contributed by atoms with Crippen molar-refractivity contribution in [3.05, 3.63) is 59.2 Å². The van der Waals surface area contributed by atoms with Gasteiger partial charge in [-0.15, -0.1) is 0 Å². The second-order valence-electron chi connectivity index (χ2n) is 7.52. The summed E-state index contributed by atoms with van der Waals surface area (Å²) in [5.74, 6) is -1.16. The van der Waals surface area contributed by atoms with Gasteiger partial charge in [-0.05, 0) is 55.2 Å². The van der Waals surface area contributed by atoms with Crippen molar-refractivity contribution in [1.29, 1.82) is 0 Å². The Balaban J connectivity index is 1.49. The lowest BCUT2D eigenvalue weighted by Gasteiger charge is -2.20. The topological polar surface area (TPSA) is 94.4 Å². The summed E-state index contributed by atoms with van der Waals surface area (Å²) in [7, 11) is 0. The van der Waals surface area contributed by atoms with E-state index < -0.39 is 23.9 Å². The maximum atomic E-state index is 13.0. The third-order valence-corrected chi connectivity index (χ3v) is 5.65. The summed E-state index contributed by atoms with van der Waals surface area (Å²) in [5, 5.41) is 12.0. The molecule has 0 bridgehead atoms. The summed E-state index contributed by atoms with van der Waals surface area (Å²) in [6, 6.07) is 11.1. The summed E-state index contributed by atoms with van der Waals surface area (Å²) < 4.78 is 0. The molecule has 1 saturated heterocycles. The lowest BCUT2D eigenvalue weighted by molar-refractivity contribution is -0.123. The molecule has 2 aliphatic heterocycles. The average molecular weight is 405 g/mol. The number of imide groups is 1. The van der Waals surface area contributed by atoms with Gasteiger partial charge in [-0.3, -0.25) is 19.4 Å². The number of carbonyl (C=O) groups excluding carboxylic acids is 3. The van der Waals surface area contributed by atoms with Gasteiger partial charge in [-0.1, -0.05) is 36.4 Å². The van der Waals surface area contributed by atoms with Crippen LogP contribution in [0.25, 0.3) is 0 Å². The zero-order chi connectivity index (χ0) is 21.4. The largest absolute Gasteiger partial charge is 0.324 e. The number of hydrogen-bond donors (Lipinski definition) is 1. The number of benzene rings is 2. The molecule has 0 saturated carbocycles. The predicted molar refractivity (Wildman–Crippen MR) is 112 cm³/mol. The van der Waals surface area contributed by atoms with Gasteiger partial charge in [0.05, 0.1) is 5.69 Å². The monoisotopic (exact) mass is 405 g/mol. The van der Waals surface area contributed by atoms with Crippen LogP contribution in [0.3, 0.4) is 0 Å². The molecule has 3 amide bonds. The van der Waals surface area contributed by atoms with Gasteiger partial charge in [0.1, 0.15) is 6.54 Å². The second-order valence-corrected chi connectivity index (χ2v) is 7.52. The van der Waals surface area contributed by atoms with Gasteiger partial charge in [-0.25, -0.2) is 4.90 Å². The molecule has 0 unspecified atom stereocenters. The van der Waals surface area contributed by atoms with Crippen molar-refractivity contribution in [2.45, 2.75) is 39.3 Å². The van der Waals surface area contributed by atoms with E-state index in [0.717, 1.165) is 28.0 Å². The van der Waals surface area contributed by atoms with E-state index in [1.165, 1.54) is 5.01 Å². The van der Waals surface area contributed by atoms with Crippen LogP contribution in [0.15, 0.2) is 52.8 Å². The molecule has 0 aromatic heterocycles. The van der Waals surface area contributed by atoms with E-state index in [4.69, 9.17) is 0 Å². The van der Waals surface area contributed by atoms with Gasteiger partial charge >= 0.3 is 0 Å². The maximum Gasteiger partial charge on any atom is 0.263 e. The average Bonchev–Trinajstić information content (AvgIpc) is 3.25. The SMILES string of the molecule is CCc1ccc(N2C(=O)[C@@H]3N=NN(CC(=O)Nc4cccc(C)c4C)[C@H]3C2=O)cc1. The third-order valence-electron chi connectivity index (χ3n) is 5.65. The number of nitrogens with zero attached hydrogens (tertiary/aromatic N) is 4. The van der Waals surface area contributed by atoms with Gasteiger partial charge in [0, 0.05) is 5.69 Å². The summed E-state index contributed by atoms with van der Waals surface area (Å²) in [6.07, 6.45) is 0.866. The Bertz CT molecular complexity index is 1050. The normalized spacial score (nSPS) is 20.1. The van der Waals surface area contributed by atoms with Crippen molar-refractivity contribution < 1.29 is 14.4 Å². The standard InChI is InChI=1S/C22H23N5O3/c1-4-15-8-10-16(11-9-15)27-21(29)19-20(22(27)30)26(25-24-19)12-18(28)23-17-7-5-6-13(2)14(17)3/h5-11,19-20H,4,12H2,1-3H3,(H,23,28)/t19-,20-/m1/s1. The van der Waals surface area contributed by atoms with Crippen molar-refractivity contribution in [1.82, 2.24) is 5.01 Å². The van der Waals surface area contributed by atoms with E-state index in [2.05, 4.69) is 15.7 Å². The lowest BCUT2D eigenvalue weighted by atomic mass is 10.1. The minimum absolute atomic E-state index is 0.167. The van der Waals surface area contributed by atoms with Gasteiger partial charge in [-0.2, -0.15) is 5.11 Å². The number of amides is 3. The number of anilines is 2. The van der Waals surface area contributed by atoms with Crippen LogP contribution < -0.4 is 10.2 Å². The molecule has 2 atom stereocenters. The Hall–Kier alpha value is -3.55. The Morgan fingerprint density at radius 1 is 1.07 bits per heavy atom. The number of rotatable bonds is 5. The molecule has 2 aromatic carbocycles. The quantitative estimate of drug-likeness (QED) is 0.774. The Labute approximate surface area is 174 Å². The maximum absolute atomic E-state index is 13.0. The molecule has 1 N–H and O–H groups in total. The lowest BCUT2D eigenvalue weighted by Crippen LogP contribution is -2.43. The van der Waals surface area contributed by atoms with Crippen molar-refractivity contribution >= 4 is 29.1 Å². The van der Waals surface area contributed by atoms with E-state index in [-0.39, 0.29) is 12.5 Å². The number of hydrogen-bond acceptors (Lipinski definition) is 6. The summed E-state index contributed by atoms with van der Waals surface area (Å²) in [5.41, 5.74) is 4.36. The van der Waals surface area contributed by atoms with Crippen molar-refractivity contribution in [3.63, 3.8) is 0 Å². The highest BCUT2D eigenvalue weighted by Crippen LogP contribution is 2.32. The molecular formula is C22H23N5O3. The molecule has 8 heteroatoms. The first-order valence-electron chi connectivity index (χ1n) is 9.91. The summed E-state index contributed by atoms with van der Waals surface area (Å²) in [4.78, 5) is 39.5. The minimum atomic E-state index is -0.920. The van der Waals surface area contributed by atoms with Crippen LogP contribution in [0.2, 0.25) is 0 Å². The molecule has 0 radical (unpaired) electrons. The highest BCUT2D eigenvalue weighted by molar-refractivity contribution is 6.25. The van der Waals surface area contributed by atoms with E-state index in [9.17, 15) is 14.4 Å². The fourth-order valence-corrected chi connectivity index (χ4v) is 3.71. The highest BCUT2D eigenvalue weighted by Gasteiger charge is 2.55. The van der Waals surface area contributed by atoms with Gasteiger partial charge < -0.3 is 5.32 Å². The molecule has 2 aliphatic rings. The van der Waals surface area contributed by atoms with Crippen LogP contribution in [0, 0.1) is 13.8 Å². The van der Waals surface area contributed by atoms with Crippen LogP contribution in [0.5, 0.6) is 0 Å². The van der Waals surface area contributed by atoms with Crippen LogP contribution >= 0.6 is 0 Å². The van der Waals surface area contributed by atoms with E-state index in [1.54, 1.807) is 12.1 Å². The molecular weight excluding hydrogens is 382 g/mol. The molecule has 154 valence electrons. The minimum Gasteiger partial charge on any atom is -0.324 e. The highest BCUT2D eigenvalue weighted by atomic mass is 16.2. The van der Waals surface area contributed by atoms with Crippen LogP contribution in [-0.2, 0) is 20.8 Å². The van der Waals surface area contributed by atoms with Crippen molar-refractivity contribution in [3.8, 4) is 0 Å². The molecule has 0 spiro atoms. The summed E-state index contributed by atoms with van der Waals surface area (Å²) >= 11 is 0. The second kappa shape index (κ2) is 7.70. The molecule has 2 heterocycles. The first kappa shape index (κ1) is 19.8. The smallest absolute Gasteiger partial charge is 0.263 e. The Morgan fingerprint density at radius 3 is 2.50 bits per heavy atom. The molecule has 30 heavy (non-hydrogen) atoms. The van der Waals surface area contributed by atoms with E-state index in [0.29, 0.717) is 11.4 Å². The molecule has 0 aliphatic carbocycles. The zero-order valence-electron chi connectivity index (χ0n) is 17.1. The molecule has 4 rings (SSSR count). The number of fused-ring (bicyclic) bond motifs is 1. The number of aryl methyl sites for hydroxylation is 2. The van der Waals surface area contributed by atoms with Crippen LogP contribution in [0.4, 0.5) is 11.4 Å². The summed E-state index contributed by atoms with van der Waals surface area (Å²) in [6.45, 7) is 5.76. The molecule has 1 fully saturated rings. The van der Waals surface area contributed by atoms with Crippen LogP contribution in [-0.4, -0.2) is 41.4 Å². The molecule has 8 nitrogen and oxygen atoms in total. The van der Waals surface area contributed by atoms with E-state index >= 15 is 0 Å². The zero-order valence-corrected chi connectivity index (χ0v) is 17.1. The first-order valence-corrected chi connectivity index (χ1v) is 9.91. The van der Waals surface area contributed by atoms with Crippen LogP contribution in [0.1, 0.15) is 23.6 Å². The fraction of sp³-hybridized carbons (Fsp3) is 0.318. The van der Waals surface area contributed by atoms with Gasteiger partial charge in [0.25, 0.3) is 11.8 Å². The van der Waals surface area contributed by atoms with Crippen molar-refractivity contribution in [2.24, 2.45) is 10.3 Å². The molecule has 2 aromatic rings. The number of nitrogens with one attached hydrogen (secondary N) is 1. The van der Waals surface area contributed by atoms with Crippen molar-refractivity contribution in [2.75, 3.05) is 16.8 Å². The Kier molecular flexibility index (Phi) is 5.07. The predicted octanol–water partition coefficient (Wildman–Crippen LogP) is 2.80. The number of carbonyl (C=O) groups is 3.